The van der Waals surface area contributed by atoms with Crippen molar-refractivity contribution in [1.82, 2.24) is 0 Å². The van der Waals surface area contributed by atoms with E-state index in [0.717, 1.165) is 5.56 Å². The molecule has 0 fully saturated rings. The van der Waals surface area contributed by atoms with Crippen LogP contribution < -0.4 is 0 Å². The molecule has 1 rings (SSSR count). The number of benzene rings is 1. The molecule has 0 bridgehead atoms. The number of terminal acetylenes is 1. The van der Waals surface area contributed by atoms with Gasteiger partial charge in [0.15, 0.2) is 11.6 Å². The molecule has 62 valence electrons. The summed E-state index contributed by atoms with van der Waals surface area (Å²) in [4.78, 5) is 0. The second-order valence-corrected chi connectivity index (χ2v) is 2.49. The second kappa shape index (κ2) is 3.77. The lowest BCUT2D eigenvalue weighted by atomic mass is 10.1. The van der Waals surface area contributed by atoms with Crippen LogP contribution in [-0.2, 0) is 6.42 Å². The zero-order valence-electron chi connectivity index (χ0n) is 6.55. The van der Waals surface area contributed by atoms with Crippen molar-refractivity contribution in [2.45, 2.75) is 12.8 Å². The zero-order valence-corrected chi connectivity index (χ0v) is 6.55. The first-order valence-corrected chi connectivity index (χ1v) is 3.65. The molecule has 1 aromatic carbocycles. The summed E-state index contributed by atoms with van der Waals surface area (Å²) >= 11 is 0. The third-order valence-corrected chi connectivity index (χ3v) is 1.57. The fraction of sp³-hybridized carbons (Fsp3) is 0.200. The second-order valence-electron chi connectivity index (χ2n) is 2.49. The van der Waals surface area contributed by atoms with Crippen LogP contribution in [0, 0.1) is 18.2 Å². The molecule has 0 aliphatic heterocycles. The topological polar surface area (TPSA) is 20.2 Å². The zero-order chi connectivity index (χ0) is 8.97. The summed E-state index contributed by atoms with van der Waals surface area (Å²) in [6, 6.07) is 4.30. The fourth-order valence-electron chi connectivity index (χ4n) is 0.922. The summed E-state index contributed by atoms with van der Waals surface area (Å²) in [6.07, 6.45) is 6.29. The minimum absolute atomic E-state index is 0.320. The first-order valence-electron chi connectivity index (χ1n) is 3.65. The molecule has 0 unspecified atom stereocenters. The highest BCUT2D eigenvalue weighted by Crippen LogP contribution is 2.16. The van der Waals surface area contributed by atoms with E-state index in [1.54, 1.807) is 6.07 Å². The molecule has 12 heavy (non-hydrogen) atoms. The number of halogens is 1. The first-order chi connectivity index (χ1) is 5.74. The van der Waals surface area contributed by atoms with E-state index in [2.05, 4.69) is 5.92 Å². The SMILES string of the molecule is C#CCCc1ccc(O)c(F)c1. The highest BCUT2D eigenvalue weighted by atomic mass is 19.1. The average Bonchev–Trinajstić information content (AvgIpc) is 2.07. The maximum atomic E-state index is 12.7. The Labute approximate surface area is 70.9 Å². The van der Waals surface area contributed by atoms with Crippen molar-refractivity contribution in [2.75, 3.05) is 0 Å². The molecule has 0 aliphatic rings. The van der Waals surface area contributed by atoms with Gasteiger partial charge in [0.2, 0.25) is 0 Å². The average molecular weight is 164 g/mol. The van der Waals surface area contributed by atoms with Crippen LogP contribution in [0.2, 0.25) is 0 Å². The molecule has 0 radical (unpaired) electrons. The Hall–Kier alpha value is -1.49. The van der Waals surface area contributed by atoms with Crippen molar-refractivity contribution in [3.63, 3.8) is 0 Å². The molecular formula is C10H9FO. The van der Waals surface area contributed by atoms with Crippen molar-refractivity contribution in [3.8, 4) is 18.1 Å². The standard InChI is InChI=1S/C10H9FO/c1-2-3-4-8-5-6-10(12)9(11)7-8/h1,5-7,12H,3-4H2. The molecule has 0 spiro atoms. The predicted octanol–water partition coefficient (Wildman–Crippen LogP) is 2.10. The van der Waals surface area contributed by atoms with E-state index in [4.69, 9.17) is 11.5 Å². The van der Waals surface area contributed by atoms with Gasteiger partial charge in [-0.05, 0) is 24.1 Å². The smallest absolute Gasteiger partial charge is 0.165 e. The predicted molar refractivity (Wildman–Crippen MR) is 45.2 cm³/mol. The molecule has 1 nitrogen and oxygen atoms in total. The molecule has 1 N–H and O–H groups in total. The Bertz CT molecular complexity index is 312. The summed E-state index contributed by atoms with van der Waals surface area (Å²) in [5.74, 6) is 1.55. The van der Waals surface area contributed by atoms with Crippen LogP contribution in [0.3, 0.4) is 0 Å². The monoisotopic (exact) mass is 164 g/mol. The van der Waals surface area contributed by atoms with Crippen molar-refractivity contribution >= 4 is 0 Å². The molecular weight excluding hydrogens is 155 g/mol. The van der Waals surface area contributed by atoms with Gasteiger partial charge in [0.05, 0.1) is 0 Å². The lowest BCUT2D eigenvalue weighted by Crippen LogP contribution is -1.85. The molecule has 0 aromatic heterocycles. The Morgan fingerprint density at radius 3 is 2.83 bits per heavy atom. The number of aromatic hydroxyl groups is 1. The van der Waals surface area contributed by atoms with Gasteiger partial charge in [-0.25, -0.2) is 4.39 Å². The molecule has 0 heterocycles. The van der Waals surface area contributed by atoms with Crippen LogP contribution in [0.15, 0.2) is 18.2 Å². The Morgan fingerprint density at radius 1 is 1.50 bits per heavy atom. The minimum Gasteiger partial charge on any atom is -0.505 e. The van der Waals surface area contributed by atoms with Crippen molar-refractivity contribution in [1.29, 1.82) is 0 Å². The normalized spacial score (nSPS) is 9.33. The minimum atomic E-state index is -0.593. The van der Waals surface area contributed by atoms with Gasteiger partial charge in [0.25, 0.3) is 0 Å². The number of hydrogen-bond acceptors (Lipinski definition) is 1. The van der Waals surface area contributed by atoms with Crippen LogP contribution in [0.25, 0.3) is 0 Å². The lowest BCUT2D eigenvalue weighted by Gasteiger charge is -1.99. The third-order valence-electron chi connectivity index (χ3n) is 1.57. The van der Waals surface area contributed by atoms with Crippen LogP contribution in [0.4, 0.5) is 4.39 Å². The van der Waals surface area contributed by atoms with Crippen LogP contribution in [0.5, 0.6) is 5.75 Å². The number of phenolic OH excluding ortho intramolecular Hbond substituents is 1. The van der Waals surface area contributed by atoms with Gasteiger partial charge >= 0.3 is 0 Å². The van der Waals surface area contributed by atoms with E-state index in [-0.39, 0.29) is 5.75 Å². The Morgan fingerprint density at radius 2 is 2.25 bits per heavy atom. The number of phenols is 1. The molecule has 0 aliphatic carbocycles. The summed E-state index contributed by atoms with van der Waals surface area (Å²) in [6.45, 7) is 0. The molecule has 0 saturated carbocycles. The van der Waals surface area contributed by atoms with E-state index in [1.165, 1.54) is 12.1 Å². The van der Waals surface area contributed by atoms with E-state index < -0.39 is 5.82 Å². The number of aryl methyl sites for hydroxylation is 1. The van der Waals surface area contributed by atoms with E-state index in [9.17, 15) is 4.39 Å². The van der Waals surface area contributed by atoms with Gasteiger partial charge in [-0.3, -0.25) is 0 Å². The number of hydrogen-bond donors (Lipinski definition) is 1. The van der Waals surface area contributed by atoms with Crippen LogP contribution in [-0.4, -0.2) is 5.11 Å². The quantitative estimate of drug-likeness (QED) is 0.663. The largest absolute Gasteiger partial charge is 0.505 e. The molecule has 2 heteroatoms. The van der Waals surface area contributed by atoms with Crippen molar-refractivity contribution < 1.29 is 9.50 Å². The highest BCUT2D eigenvalue weighted by molar-refractivity contribution is 5.28. The highest BCUT2D eigenvalue weighted by Gasteiger charge is 2.00. The van der Waals surface area contributed by atoms with Gasteiger partial charge in [0.1, 0.15) is 0 Å². The fourth-order valence-corrected chi connectivity index (χ4v) is 0.922. The third kappa shape index (κ3) is 2.00. The van der Waals surface area contributed by atoms with Crippen LogP contribution >= 0.6 is 0 Å². The summed E-state index contributed by atoms with van der Waals surface area (Å²) in [5.41, 5.74) is 0.809. The molecule has 0 saturated heterocycles. The summed E-state index contributed by atoms with van der Waals surface area (Å²) < 4.78 is 12.7. The Balaban J connectivity index is 2.77. The van der Waals surface area contributed by atoms with Gasteiger partial charge in [-0.1, -0.05) is 6.07 Å². The molecule has 1 aromatic rings. The maximum absolute atomic E-state index is 12.7. The van der Waals surface area contributed by atoms with Gasteiger partial charge in [-0.15, -0.1) is 12.3 Å². The molecule has 0 atom stereocenters. The van der Waals surface area contributed by atoms with E-state index in [0.29, 0.717) is 12.8 Å². The van der Waals surface area contributed by atoms with Crippen molar-refractivity contribution in [3.05, 3.63) is 29.6 Å². The van der Waals surface area contributed by atoms with E-state index >= 15 is 0 Å². The van der Waals surface area contributed by atoms with Gasteiger partial charge in [0, 0.05) is 6.42 Å². The van der Waals surface area contributed by atoms with E-state index in [1.807, 2.05) is 0 Å². The summed E-state index contributed by atoms with van der Waals surface area (Å²) in [5, 5.41) is 8.85. The molecule has 0 amide bonds. The van der Waals surface area contributed by atoms with Gasteiger partial charge < -0.3 is 5.11 Å². The maximum Gasteiger partial charge on any atom is 0.165 e. The lowest BCUT2D eigenvalue weighted by molar-refractivity contribution is 0.432. The van der Waals surface area contributed by atoms with Crippen molar-refractivity contribution in [2.24, 2.45) is 0 Å². The van der Waals surface area contributed by atoms with Crippen LogP contribution in [0.1, 0.15) is 12.0 Å². The first kappa shape index (κ1) is 8.61. The Kier molecular flexibility index (Phi) is 2.71. The number of rotatable bonds is 2. The van der Waals surface area contributed by atoms with Gasteiger partial charge in [-0.2, -0.15) is 0 Å². The summed E-state index contributed by atoms with van der Waals surface area (Å²) in [7, 11) is 0.